The lowest BCUT2D eigenvalue weighted by Crippen LogP contribution is -2.51. The van der Waals surface area contributed by atoms with E-state index in [9.17, 15) is 18.0 Å². The molecule has 2 amide bonds. The Labute approximate surface area is 231 Å². The number of rotatable bonds is 11. The molecule has 0 bridgehead atoms. The molecule has 1 N–H and O–H groups in total. The maximum absolute atomic E-state index is 13.9. The topological polar surface area (TPSA) is 96.0 Å². The molecule has 3 rings (SSSR count). The zero-order valence-electron chi connectivity index (χ0n) is 23.4. The normalized spacial score (nSPS) is 11.9. The second-order valence-corrected chi connectivity index (χ2v) is 11.4. The zero-order chi connectivity index (χ0) is 28.7. The van der Waals surface area contributed by atoms with Gasteiger partial charge in [-0.05, 0) is 87.7 Å². The SMILES string of the molecule is CCNC(=O)[C@H](C)N(Cc1ccc(OC)cc1)C(=O)CN(c1ccc(C)c(C)c1)S(=O)(=O)c1ccc(C)cc1. The highest BCUT2D eigenvalue weighted by atomic mass is 32.2. The maximum Gasteiger partial charge on any atom is 0.264 e. The van der Waals surface area contributed by atoms with Gasteiger partial charge in [0.15, 0.2) is 0 Å². The van der Waals surface area contributed by atoms with E-state index in [1.54, 1.807) is 57.4 Å². The largest absolute Gasteiger partial charge is 0.497 e. The smallest absolute Gasteiger partial charge is 0.264 e. The average Bonchev–Trinajstić information content (AvgIpc) is 2.92. The van der Waals surface area contributed by atoms with Crippen LogP contribution in [0.3, 0.4) is 0 Å². The number of hydrogen-bond donors (Lipinski definition) is 1. The van der Waals surface area contributed by atoms with Crippen molar-refractivity contribution in [2.75, 3.05) is 24.5 Å². The summed E-state index contributed by atoms with van der Waals surface area (Å²) in [6.07, 6.45) is 0. The Hall–Kier alpha value is -3.85. The van der Waals surface area contributed by atoms with E-state index in [1.807, 2.05) is 39.0 Å². The minimum Gasteiger partial charge on any atom is -0.497 e. The van der Waals surface area contributed by atoms with Crippen molar-refractivity contribution in [1.29, 1.82) is 0 Å². The molecular weight excluding hydrogens is 514 g/mol. The molecule has 3 aromatic carbocycles. The Morgan fingerprint density at radius 1 is 0.923 bits per heavy atom. The first kappa shape index (κ1) is 29.7. The van der Waals surface area contributed by atoms with Crippen LogP contribution in [-0.2, 0) is 26.2 Å². The number of methoxy groups -OCH3 is 1. The van der Waals surface area contributed by atoms with Crippen molar-refractivity contribution in [3.05, 3.63) is 89.0 Å². The first-order chi connectivity index (χ1) is 18.5. The highest BCUT2D eigenvalue weighted by Crippen LogP contribution is 2.27. The molecule has 208 valence electrons. The summed E-state index contributed by atoms with van der Waals surface area (Å²) in [5, 5.41) is 2.76. The Morgan fingerprint density at radius 2 is 1.56 bits per heavy atom. The Morgan fingerprint density at radius 3 is 2.13 bits per heavy atom. The van der Waals surface area contributed by atoms with E-state index in [-0.39, 0.29) is 17.3 Å². The molecule has 0 saturated heterocycles. The molecule has 0 unspecified atom stereocenters. The van der Waals surface area contributed by atoms with Crippen LogP contribution in [0.1, 0.15) is 36.1 Å². The lowest BCUT2D eigenvalue weighted by molar-refractivity contribution is -0.139. The van der Waals surface area contributed by atoms with Gasteiger partial charge in [0.05, 0.1) is 17.7 Å². The van der Waals surface area contributed by atoms with Crippen LogP contribution in [0.25, 0.3) is 0 Å². The fourth-order valence-electron chi connectivity index (χ4n) is 4.08. The summed E-state index contributed by atoms with van der Waals surface area (Å²) in [6.45, 7) is 9.20. The number of benzene rings is 3. The fraction of sp³-hybridized carbons (Fsp3) is 0.333. The molecule has 0 aliphatic heterocycles. The van der Waals surface area contributed by atoms with Gasteiger partial charge in [-0.25, -0.2) is 8.42 Å². The van der Waals surface area contributed by atoms with Crippen molar-refractivity contribution in [2.45, 2.75) is 52.1 Å². The van der Waals surface area contributed by atoms with Crippen LogP contribution in [-0.4, -0.2) is 51.4 Å². The summed E-state index contributed by atoms with van der Waals surface area (Å²) in [6, 6.07) is 18.2. The number of hydrogen-bond acceptors (Lipinski definition) is 5. The van der Waals surface area contributed by atoms with E-state index >= 15 is 0 Å². The summed E-state index contributed by atoms with van der Waals surface area (Å²) in [4.78, 5) is 28.2. The Bertz CT molecular complexity index is 1400. The van der Waals surface area contributed by atoms with Crippen LogP contribution in [0.2, 0.25) is 0 Å². The van der Waals surface area contributed by atoms with Crippen molar-refractivity contribution >= 4 is 27.5 Å². The van der Waals surface area contributed by atoms with Gasteiger partial charge >= 0.3 is 0 Å². The molecule has 8 nitrogen and oxygen atoms in total. The molecule has 0 heterocycles. The summed E-state index contributed by atoms with van der Waals surface area (Å²) < 4.78 is 34.1. The van der Waals surface area contributed by atoms with E-state index in [0.717, 1.165) is 26.6 Å². The molecule has 9 heteroatoms. The molecule has 0 aliphatic rings. The van der Waals surface area contributed by atoms with Crippen molar-refractivity contribution in [1.82, 2.24) is 10.2 Å². The van der Waals surface area contributed by atoms with E-state index in [4.69, 9.17) is 4.74 Å². The minimum atomic E-state index is -4.10. The lowest BCUT2D eigenvalue weighted by atomic mass is 10.1. The predicted molar refractivity (Wildman–Crippen MR) is 153 cm³/mol. The van der Waals surface area contributed by atoms with Crippen molar-refractivity contribution < 1.29 is 22.7 Å². The molecule has 0 aliphatic carbocycles. The summed E-state index contributed by atoms with van der Waals surface area (Å²) in [5.74, 6) is -0.157. The van der Waals surface area contributed by atoms with Gasteiger partial charge in [-0.15, -0.1) is 0 Å². The molecule has 39 heavy (non-hydrogen) atoms. The monoisotopic (exact) mass is 551 g/mol. The zero-order valence-corrected chi connectivity index (χ0v) is 24.2. The van der Waals surface area contributed by atoms with Gasteiger partial charge in [-0.2, -0.15) is 0 Å². The average molecular weight is 552 g/mol. The lowest BCUT2D eigenvalue weighted by Gasteiger charge is -2.32. The highest BCUT2D eigenvalue weighted by Gasteiger charge is 2.32. The molecule has 0 saturated carbocycles. The molecule has 0 fully saturated rings. The third-order valence-electron chi connectivity index (χ3n) is 6.70. The first-order valence-corrected chi connectivity index (χ1v) is 14.3. The standard InChI is InChI=1S/C30H37N3O5S/c1-7-31-30(35)24(5)32(19-25-11-14-27(38-6)15-12-25)29(34)20-33(26-13-10-22(3)23(4)18-26)39(36,37)28-16-8-21(2)9-17-28/h8-18,24H,7,19-20H2,1-6H3,(H,31,35)/t24-/m0/s1. The first-order valence-electron chi connectivity index (χ1n) is 12.8. The van der Waals surface area contributed by atoms with Crippen molar-refractivity contribution in [3.8, 4) is 5.75 Å². The van der Waals surface area contributed by atoms with Crippen LogP contribution >= 0.6 is 0 Å². The minimum absolute atomic E-state index is 0.0811. The molecule has 3 aromatic rings. The van der Waals surface area contributed by atoms with Crippen LogP contribution in [0.4, 0.5) is 5.69 Å². The number of nitrogens with zero attached hydrogens (tertiary/aromatic N) is 2. The number of carbonyl (C=O) groups is 2. The second kappa shape index (κ2) is 12.8. The van der Waals surface area contributed by atoms with Gasteiger partial charge in [0.25, 0.3) is 10.0 Å². The number of anilines is 1. The number of likely N-dealkylation sites (N-methyl/N-ethyl adjacent to an activating group) is 1. The number of sulfonamides is 1. The predicted octanol–water partition coefficient (Wildman–Crippen LogP) is 4.37. The molecule has 0 aromatic heterocycles. The summed E-state index contributed by atoms with van der Waals surface area (Å²) in [7, 11) is -2.53. The van der Waals surface area contributed by atoms with E-state index in [1.165, 1.54) is 17.0 Å². The molecule has 1 atom stereocenters. The third-order valence-corrected chi connectivity index (χ3v) is 8.48. The van der Waals surface area contributed by atoms with Crippen LogP contribution in [0.15, 0.2) is 71.6 Å². The highest BCUT2D eigenvalue weighted by molar-refractivity contribution is 7.92. The number of ether oxygens (including phenoxy) is 1. The van der Waals surface area contributed by atoms with Crippen LogP contribution in [0.5, 0.6) is 5.75 Å². The van der Waals surface area contributed by atoms with Gasteiger partial charge in [-0.1, -0.05) is 35.9 Å². The van der Waals surface area contributed by atoms with E-state index < -0.39 is 28.5 Å². The van der Waals surface area contributed by atoms with Crippen LogP contribution in [0, 0.1) is 20.8 Å². The van der Waals surface area contributed by atoms with Gasteiger partial charge in [-0.3, -0.25) is 13.9 Å². The van der Waals surface area contributed by atoms with Gasteiger partial charge in [0, 0.05) is 13.1 Å². The summed E-state index contributed by atoms with van der Waals surface area (Å²) >= 11 is 0. The third kappa shape index (κ3) is 7.17. The van der Waals surface area contributed by atoms with Crippen molar-refractivity contribution in [3.63, 3.8) is 0 Å². The Kier molecular flexibility index (Phi) is 9.75. The fourth-order valence-corrected chi connectivity index (χ4v) is 5.49. The number of nitrogens with one attached hydrogen (secondary N) is 1. The molecule has 0 spiro atoms. The number of amides is 2. The number of aryl methyl sites for hydroxylation is 3. The van der Waals surface area contributed by atoms with Crippen molar-refractivity contribution in [2.24, 2.45) is 0 Å². The van der Waals surface area contributed by atoms with E-state index in [2.05, 4.69) is 5.32 Å². The summed E-state index contributed by atoms with van der Waals surface area (Å²) in [5.41, 5.74) is 3.98. The number of carbonyl (C=O) groups excluding carboxylic acids is 2. The van der Waals surface area contributed by atoms with Crippen LogP contribution < -0.4 is 14.4 Å². The van der Waals surface area contributed by atoms with E-state index in [0.29, 0.717) is 18.0 Å². The van der Waals surface area contributed by atoms with Gasteiger partial charge in [0.1, 0.15) is 18.3 Å². The maximum atomic E-state index is 13.9. The quantitative estimate of drug-likeness (QED) is 0.382. The van der Waals surface area contributed by atoms with Gasteiger partial charge in [0.2, 0.25) is 11.8 Å². The molecule has 0 radical (unpaired) electrons. The van der Waals surface area contributed by atoms with Gasteiger partial charge < -0.3 is 15.0 Å². The Balaban J connectivity index is 2.04. The second-order valence-electron chi connectivity index (χ2n) is 9.53. The molecular formula is C30H37N3O5S.